The van der Waals surface area contributed by atoms with Crippen molar-refractivity contribution >= 4 is 17.1 Å². The van der Waals surface area contributed by atoms with Gasteiger partial charge in [-0.05, 0) is 48.0 Å². The van der Waals surface area contributed by atoms with Crippen LogP contribution in [0, 0.1) is 0 Å². The van der Waals surface area contributed by atoms with Crippen molar-refractivity contribution in [2.24, 2.45) is 0 Å². The van der Waals surface area contributed by atoms with Crippen LogP contribution in [0.15, 0.2) is 134 Å². The number of hydrogen-bond acceptors (Lipinski definition) is 2. The fraction of sp³-hybridized carbons (Fsp3) is 0. The molecule has 4 aromatic carbocycles. The zero-order valence-electron chi connectivity index (χ0n) is 17.1. The van der Waals surface area contributed by atoms with Gasteiger partial charge in [0.25, 0.3) is 0 Å². The number of aromatic nitrogens is 1. The molecule has 0 aliphatic heterocycles. The Hall–Kier alpha value is -4.17. The molecule has 0 bridgehead atoms. The molecule has 0 spiro atoms. The van der Waals surface area contributed by atoms with Gasteiger partial charge in [-0.25, -0.2) is 0 Å². The minimum absolute atomic E-state index is 0.971. The molecule has 0 N–H and O–H groups in total. The maximum Gasteiger partial charge on any atom is 0.0708 e. The summed E-state index contributed by atoms with van der Waals surface area (Å²) in [5, 5.41) is 0. The SMILES string of the molecule is c1ccc(-c2cc(-c3ccccc3N(c3ccccc3)c3ccccc3)ccn2)cc1. The number of pyridine rings is 1. The van der Waals surface area contributed by atoms with Crippen molar-refractivity contribution in [1.29, 1.82) is 0 Å². The van der Waals surface area contributed by atoms with Crippen LogP contribution in [0.1, 0.15) is 0 Å². The van der Waals surface area contributed by atoms with Crippen LogP contribution in [0.3, 0.4) is 0 Å². The van der Waals surface area contributed by atoms with Crippen molar-refractivity contribution in [3.8, 4) is 22.4 Å². The minimum Gasteiger partial charge on any atom is -0.310 e. The van der Waals surface area contributed by atoms with Crippen molar-refractivity contribution in [2.45, 2.75) is 0 Å². The molecule has 0 radical (unpaired) electrons. The Bertz CT molecular complexity index is 1230. The molecule has 0 aliphatic carbocycles. The van der Waals surface area contributed by atoms with E-state index in [9.17, 15) is 0 Å². The molecule has 0 saturated carbocycles. The molecular formula is C29H22N2. The summed E-state index contributed by atoms with van der Waals surface area (Å²) in [5.74, 6) is 0. The first-order valence-corrected chi connectivity index (χ1v) is 10.4. The summed E-state index contributed by atoms with van der Waals surface area (Å²) >= 11 is 0. The first-order chi connectivity index (χ1) is 15.4. The standard InChI is InChI=1S/C29H22N2/c1-4-12-23(13-5-1)28-22-24(20-21-30-28)27-18-10-11-19-29(27)31(25-14-6-2-7-15-25)26-16-8-3-9-17-26/h1-22H. The third-order valence-electron chi connectivity index (χ3n) is 5.31. The number of para-hydroxylation sites is 3. The Labute approximate surface area is 183 Å². The number of nitrogens with zero attached hydrogens (tertiary/aromatic N) is 2. The number of hydrogen-bond donors (Lipinski definition) is 0. The van der Waals surface area contributed by atoms with Gasteiger partial charge in [0.15, 0.2) is 0 Å². The summed E-state index contributed by atoms with van der Waals surface area (Å²) in [6.45, 7) is 0. The van der Waals surface area contributed by atoms with Crippen LogP contribution in [0.4, 0.5) is 17.1 Å². The molecule has 2 nitrogen and oxygen atoms in total. The maximum absolute atomic E-state index is 4.61. The average Bonchev–Trinajstić information content (AvgIpc) is 2.87. The fourth-order valence-corrected chi connectivity index (χ4v) is 3.86. The second-order valence-electron chi connectivity index (χ2n) is 7.32. The van der Waals surface area contributed by atoms with E-state index < -0.39 is 0 Å². The van der Waals surface area contributed by atoms with Crippen LogP contribution >= 0.6 is 0 Å². The molecular weight excluding hydrogens is 376 g/mol. The molecule has 5 aromatic rings. The normalized spacial score (nSPS) is 10.6. The first-order valence-electron chi connectivity index (χ1n) is 10.4. The summed E-state index contributed by atoms with van der Waals surface area (Å²) in [6, 6.07) is 44.1. The average molecular weight is 399 g/mol. The molecule has 0 fully saturated rings. The zero-order valence-corrected chi connectivity index (χ0v) is 17.1. The topological polar surface area (TPSA) is 16.1 Å². The Morgan fingerprint density at radius 2 is 1.03 bits per heavy atom. The summed E-state index contributed by atoms with van der Waals surface area (Å²) in [6.07, 6.45) is 1.89. The van der Waals surface area contributed by atoms with Crippen molar-refractivity contribution in [1.82, 2.24) is 4.98 Å². The highest BCUT2D eigenvalue weighted by atomic mass is 15.1. The maximum atomic E-state index is 4.61. The van der Waals surface area contributed by atoms with Crippen molar-refractivity contribution in [3.63, 3.8) is 0 Å². The van der Waals surface area contributed by atoms with Gasteiger partial charge in [0.1, 0.15) is 0 Å². The Morgan fingerprint density at radius 3 is 1.68 bits per heavy atom. The van der Waals surface area contributed by atoms with Gasteiger partial charge in [-0.2, -0.15) is 0 Å². The van der Waals surface area contributed by atoms with E-state index in [1.54, 1.807) is 0 Å². The molecule has 0 unspecified atom stereocenters. The van der Waals surface area contributed by atoms with Gasteiger partial charge in [0.05, 0.1) is 11.4 Å². The summed E-state index contributed by atoms with van der Waals surface area (Å²) in [7, 11) is 0. The highest BCUT2D eigenvalue weighted by Gasteiger charge is 2.16. The van der Waals surface area contributed by atoms with E-state index in [-0.39, 0.29) is 0 Å². The molecule has 5 rings (SSSR count). The van der Waals surface area contributed by atoms with Gasteiger partial charge in [-0.15, -0.1) is 0 Å². The second kappa shape index (κ2) is 8.68. The lowest BCUT2D eigenvalue weighted by atomic mass is 10.0. The Kier molecular flexibility index (Phi) is 5.27. The lowest BCUT2D eigenvalue weighted by Crippen LogP contribution is -2.10. The highest BCUT2D eigenvalue weighted by molar-refractivity contribution is 5.88. The number of rotatable bonds is 5. The van der Waals surface area contributed by atoms with Gasteiger partial charge in [-0.3, -0.25) is 4.98 Å². The lowest BCUT2D eigenvalue weighted by molar-refractivity contribution is 1.28. The fourth-order valence-electron chi connectivity index (χ4n) is 3.86. The van der Waals surface area contributed by atoms with Crippen LogP contribution in [0.25, 0.3) is 22.4 Å². The van der Waals surface area contributed by atoms with Gasteiger partial charge in [0.2, 0.25) is 0 Å². The molecule has 0 saturated heterocycles. The van der Waals surface area contributed by atoms with Crippen LogP contribution in [-0.4, -0.2) is 4.98 Å². The van der Waals surface area contributed by atoms with Crippen molar-refractivity contribution in [3.05, 3.63) is 134 Å². The third kappa shape index (κ3) is 3.96. The van der Waals surface area contributed by atoms with Gasteiger partial charge in [-0.1, -0.05) is 84.9 Å². The highest BCUT2D eigenvalue weighted by Crippen LogP contribution is 2.40. The molecule has 31 heavy (non-hydrogen) atoms. The van der Waals surface area contributed by atoms with Crippen LogP contribution in [0.5, 0.6) is 0 Å². The van der Waals surface area contributed by atoms with Crippen molar-refractivity contribution < 1.29 is 0 Å². The quantitative estimate of drug-likeness (QED) is 0.299. The molecule has 0 amide bonds. The van der Waals surface area contributed by atoms with Crippen LogP contribution in [0.2, 0.25) is 0 Å². The lowest BCUT2D eigenvalue weighted by Gasteiger charge is -2.27. The minimum atomic E-state index is 0.971. The van der Waals surface area contributed by atoms with E-state index in [0.29, 0.717) is 0 Å². The van der Waals surface area contributed by atoms with E-state index >= 15 is 0 Å². The summed E-state index contributed by atoms with van der Waals surface area (Å²) in [5.41, 5.74) is 7.77. The van der Waals surface area contributed by atoms with Gasteiger partial charge in [0, 0.05) is 28.7 Å². The predicted molar refractivity (Wildman–Crippen MR) is 130 cm³/mol. The Balaban J connectivity index is 1.67. The summed E-state index contributed by atoms with van der Waals surface area (Å²) < 4.78 is 0. The smallest absolute Gasteiger partial charge is 0.0708 e. The van der Waals surface area contributed by atoms with Gasteiger partial charge < -0.3 is 4.90 Å². The predicted octanol–water partition coefficient (Wildman–Crippen LogP) is 7.89. The molecule has 1 aromatic heterocycles. The van der Waals surface area contributed by atoms with E-state index in [1.807, 2.05) is 36.5 Å². The van der Waals surface area contributed by atoms with Gasteiger partial charge >= 0.3 is 0 Å². The van der Waals surface area contributed by atoms with E-state index in [0.717, 1.165) is 39.4 Å². The molecule has 1 heterocycles. The van der Waals surface area contributed by atoms with E-state index in [2.05, 4.69) is 107 Å². The molecule has 0 aliphatic rings. The molecule has 148 valence electrons. The molecule has 2 heteroatoms. The van der Waals surface area contributed by atoms with Crippen LogP contribution in [-0.2, 0) is 0 Å². The third-order valence-corrected chi connectivity index (χ3v) is 5.31. The second-order valence-corrected chi connectivity index (χ2v) is 7.32. The first kappa shape index (κ1) is 18.8. The molecule has 0 atom stereocenters. The van der Waals surface area contributed by atoms with E-state index in [1.165, 1.54) is 0 Å². The summed E-state index contributed by atoms with van der Waals surface area (Å²) in [4.78, 5) is 6.92. The number of benzene rings is 4. The zero-order chi connectivity index (χ0) is 20.9. The van der Waals surface area contributed by atoms with Crippen LogP contribution < -0.4 is 4.90 Å². The van der Waals surface area contributed by atoms with Crippen molar-refractivity contribution in [2.75, 3.05) is 4.90 Å². The van der Waals surface area contributed by atoms with E-state index in [4.69, 9.17) is 0 Å². The number of anilines is 3. The monoisotopic (exact) mass is 398 g/mol. The largest absolute Gasteiger partial charge is 0.310 e. The Morgan fingerprint density at radius 1 is 0.484 bits per heavy atom.